The van der Waals surface area contributed by atoms with Crippen LogP contribution in [0.1, 0.15) is 323 Å². The number of nitrogens with one attached hydrogen (secondary N) is 3. The van der Waals surface area contributed by atoms with Crippen molar-refractivity contribution in [3.8, 4) is 0 Å². The number of ketones is 3. The van der Waals surface area contributed by atoms with Crippen molar-refractivity contribution in [2.75, 3.05) is 36.0 Å². The van der Waals surface area contributed by atoms with Gasteiger partial charge in [0.05, 0.1) is 20.0 Å². The number of aromatic nitrogens is 3. The molecule has 2 heterocycles. The maximum Gasteiger partial charge on any atom is 0.227 e. The van der Waals surface area contributed by atoms with Crippen LogP contribution in [0.15, 0.2) is 54.6 Å². The molecule has 1 saturated heterocycles. The van der Waals surface area contributed by atoms with Gasteiger partial charge in [-0.15, -0.1) is 0 Å². The van der Waals surface area contributed by atoms with Gasteiger partial charge in [-0.25, -0.2) is 15.0 Å². The number of carbonyl (C=O) groups is 6. The number of carbonyl (C=O) groups excluding carboxylic acids is 6. The van der Waals surface area contributed by atoms with Crippen LogP contribution in [0.4, 0.5) is 17.1 Å². The zero-order chi connectivity index (χ0) is 72.3. The number of nitrogens with zero attached hydrogens (tertiary/aromatic N) is 6. The van der Waals surface area contributed by atoms with Crippen molar-refractivity contribution in [2.24, 2.45) is 35.0 Å². The van der Waals surface area contributed by atoms with E-state index in [4.69, 9.17) is 0 Å². The van der Waals surface area contributed by atoms with Crippen molar-refractivity contribution in [1.29, 1.82) is 0 Å². The van der Waals surface area contributed by atoms with Crippen LogP contribution in [0.25, 0.3) is 0 Å². The van der Waals surface area contributed by atoms with Gasteiger partial charge < -0.3 is 30.7 Å². The van der Waals surface area contributed by atoms with Crippen LogP contribution in [0.2, 0.25) is 0 Å². The summed E-state index contributed by atoms with van der Waals surface area (Å²) >= 11 is 0. The Labute approximate surface area is 565 Å². The van der Waals surface area contributed by atoms with Crippen LogP contribution in [0, 0.1) is 35.0 Å². The van der Waals surface area contributed by atoms with Crippen LogP contribution in [0.3, 0.4) is 0 Å². The molecule has 522 valence electrons. The summed E-state index contributed by atoms with van der Waals surface area (Å²) in [6.07, 6.45) is 0. The Morgan fingerprint density at radius 1 is 0.366 bits per heavy atom. The molecular weight excluding hydrogens is 1160 g/mol. The number of amides is 3. The highest BCUT2D eigenvalue weighted by molar-refractivity contribution is 6.08. The lowest BCUT2D eigenvalue weighted by Crippen LogP contribution is -2.61. The fourth-order valence-electron chi connectivity index (χ4n) is 9.35. The second-order valence-corrected chi connectivity index (χ2v) is 32.0. The average Bonchev–Trinajstić information content (AvgIpc) is 0.899. The van der Waals surface area contributed by atoms with Crippen LogP contribution >= 0.6 is 0 Å². The predicted octanol–water partition coefficient (Wildman–Crippen LogP) is 18.9. The van der Waals surface area contributed by atoms with E-state index in [1.54, 1.807) is 32.9 Å². The molecule has 0 bridgehead atoms. The second kappa shape index (κ2) is 37.0. The van der Waals surface area contributed by atoms with E-state index in [2.05, 4.69) is 206 Å². The van der Waals surface area contributed by atoms with E-state index in [1.165, 1.54) is 16.7 Å². The van der Waals surface area contributed by atoms with Crippen molar-refractivity contribution < 1.29 is 28.8 Å². The normalized spacial score (nSPS) is 12.9. The van der Waals surface area contributed by atoms with Gasteiger partial charge in [-0.2, -0.15) is 0 Å². The highest BCUT2D eigenvalue weighted by atomic mass is 16.2. The van der Waals surface area contributed by atoms with Gasteiger partial charge in [-0.3, -0.25) is 28.8 Å². The number of Topliss-reactive ketones (excluding diaryl/α,β-unsaturated/α-hetero) is 3. The summed E-state index contributed by atoms with van der Waals surface area (Å²) < 4.78 is 0. The summed E-state index contributed by atoms with van der Waals surface area (Å²) in [5.74, 6) is 3.92. The standard InChI is InChI=1S/C19H26O3.C16H29N3.C16H26.C15H27N3O3.C12H21N3/c1-11(2)16(20)13-8-14(17(21)12(3)4)10-15(9-13)18(22)19(5,6)7;1-11(2)17-13-8-14(18-12(3)4)10-15(9-13)19-16(5,6)7;1-11(2)13-8-14(12(3)4)10-15(9-13)16(5,6)7;1-10(2)13(19)16-7-17(14(20)11(3)4)9-18(8-16)15(21)12(5)6;1-7(2)10-13-11(8(3)4)15-12(14-10)9(5)6/h8-12H,1-7H3;8-12,17-19H,1-7H3;8-12H,1-7H3;10-12H,7-9H2,1-6H3;7-9H,1-6H3. The van der Waals surface area contributed by atoms with Gasteiger partial charge in [0.15, 0.2) is 17.3 Å². The molecule has 0 radical (unpaired) electrons. The minimum atomic E-state index is -0.558. The highest BCUT2D eigenvalue weighted by Crippen LogP contribution is 2.31. The SMILES string of the molecule is CC(C)C(=O)N1CN(C(=O)C(C)C)CN(C(=O)C(C)C)C1.CC(C)C(=O)c1cc(C(=O)C(C)C)cc(C(=O)C(C)(C)C)c1.CC(C)Nc1cc(NC(C)C)cc(NC(C)(C)C)c1.CC(C)c1cc(C(C)C)cc(C(C)(C)C)c1.CC(C)c1nc(C(C)C)nc(C(C)C)n1. The van der Waals surface area contributed by atoms with Crippen LogP contribution in [-0.4, -0.2) is 102 Å². The summed E-state index contributed by atoms with van der Waals surface area (Å²) in [4.78, 5) is 92.0. The molecule has 15 nitrogen and oxygen atoms in total. The molecule has 1 fully saturated rings. The van der Waals surface area contributed by atoms with Crippen molar-refractivity contribution in [1.82, 2.24) is 29.7 Å². The molecule has 0 saturated carbocycles. The number of anilines is 3. The van der Waals surface area contributed by atoms with Gasteiger partial charge in [0.2, 0.25) is 17.7 Å². The largest absolute Gasteiger partial charge is 0.383 e. The number of hydrogen-bond donors (Lipinski definition) is 3. The van der Waals surface area contributed by atoms with E-state index in [9.17, 15) is 28.8 Å². The Bertz CT molecular complexity index is 2830. The molecule has 1 aromatic heterocycles. The lowest BCUT2D eigenvalue weighted by atomic mass is 9.82. The van der Waals surface area contributed by atoms with Gasteiger partial charge in [0.1, 0.15) is 17.5 Å². The Morgan fingerprint density at radius 3 is 0.882 bits per heavy atom. The smallest absolute Gasteiger partial charge is 0.227 e. The van der Waals surface area contributed by atoms with Crippen molar-refractivity contribution >= 4 is 52.1 Å². The van der Waals surface area contributed by atoms with Crippen molar-refractivity contribution in [3.05, 3.63) is 105 Å². The molecule has 0 atom stereocenters. The third-order valence-electron chi connectivity index (χ3n) is 14.7. The molecule has 93 heavy (non-hydrogen) atoms. The molecule has 15 heteroatoms. The van der Waals surface area contributed by atoms with Crippen molar-refractivity contribution in [2.45, 2.75) is 281 Å². The highest BCUT2D eigenvalue weighted by Gasteiger charge is 2.34. The minimum Gasteiger partial charge on any atom is -0.383 e. The maximum absolute atomic E-state index is 12.5. The lowest BCUT2D eigenvalue weighted by molar-refractivity contribution is -0.162. The van der Waals surface area contributed by atoms with E-state index >= 15 is 0 Å². The van der Waals surface area contributed by atoms with Crippen molar-refractivity contribution in [3.63, 3.8) is 0 Å². The summed E-state index contributed by atoms with van der Waals surface area (Å²) in [5.41, 5.74) is 8.89. The number of rotatable bonds is 18. The number of benzene rings is 3. The van der Waals surface area contributed by atoms with E-state index in [-0.39, 0.29) is 95.6 Å². The fraction of sp³-hybridized carbons (Fsp3) is 0.654. The summed E-state index contributed by atoms with van der Waals surface area (Å²) in [7, 11) is 0. The Morgan fingerprint density at radius 2 is 0.656 bits per heavy atom. The first-order valence-corrected chi connectivity index (χ1v) is 34.4. The van der Waals surface area contributed by atoms with E-state index in [0.717, 1.165) is 34.5 Å². The first-order chi connectivity index (χ1) is 42.4. The molecule has 4 aromatic rings. The molecular formula is C78H129N9O6. The minimum absolute atomic E-state index is 0.0437. The second-order valence-electron chi connectivity index (χ2n) is 32.0. The summed E-state index contributed by atoms with van der Waals surface area (Å²) in [5, 5.41) is 10.5. The molecule has 3 N–H and O–H groups in total. The van der Waals surface area contributed by atoms with Gasteiger partial charge in [-0.05, 0) is 119 Å². The maximum atomic E-state index is 12.5. The molecule has 3 aromatic carbocycles. The topological polar surface area (TPSA) is 187 Å². The lowest BCUT2D eigenvalue weighted by Gasteiger charge is -2.43. The van der Waals surface area contributed by atoms with Crippen LogP contribution in [0.5, 0.6) is 0 Å². The summed E-state index contributed by atoms with van der Waals surface area (Å²) in [6.45, 7) is 68.2. The predicted molar refractivity (Wildman–Crippen MR) is 391 cm³/mol. The Balaban J connectivity index is 0.000000585. The van der Waals surface area contributed by atoms with Crippen LogP contribution < -0.4 is 16.0 Å². The molecule has 5 rings (SSSR count). The van der Waals surface area contributed by atoms with Gasteiger partial charge in [0, 0.05) is 104 Å². The third kappa shape index (κ3) is 29.4. The molecule has 1 aliphatic rings. The molecule has 0 aliphatic carbocycles. The van der Waals surface area contributed by atoms with E-state index < -0.39 is 5.41 Å². The fourth-order valence-corrected chi connectivity index (χ4v) is 9.35. The average molecular weight is 1290 g/mol. The Kier molecular flexibility index (Phi) is 33.6. The van der Waals surface area contributed by atoms with Crippen LogP contribution in [-0.2, 0) is 19.8 Å². The first kappa shape index (κ1) is 84.5. The zero-order valence-corrected chi connectivity index (χ0v) is 64.4. The summed E-state index contributed by atoms with van der Waals surface area (Å²) in [6, 6.07) is 19.3. The molecule has 0 unspecified atom stereocenters. The van der Waals surface area contributed by atoms with Gasteiger partial charge >= 0.3 is 0 Å². The quantitative estimate of drug-likeness (QED) is 0.0802. The third-order valence-corrected chi connectivity index (χ3v) is 14.7. The van der Waals surface area contributed by atoms with Gasteiger partial charge in [0.25, 0.3) is 0 Å². The first-order valence-electron chi connectivity index (χ1n) is 34.4. The monoisotopic (exact) mass is 1290 g/mol. The molecule has 0 spiro atoms. The van der Waals surface area contributed by atoms with E-state index in [1.807, 2.05) is 90.0 Å². The molecule has 3 amide bonds. The van der Waals surface area contributed by atoms with Gasteiger partial charge in [-0.1, -0.05) is 198 Å². The Hall–Kier alpha value is -6.51. The molecule has 1 aliphatic heterocycles. The number of hydrogen-bond acceptors (Lipinski definition) is 12. The van der Waals surface area contributed by atoms with E-state index in [0.29, 0.717) is 58.4 Å². The zero-order valence-electron chi connectivity index (χ0n) is 64.4.